The van der Waals surface area contributed by atoms with Crippen molar-refractivity contribution < 1.29 is 5.11 Å². The van der Waals surface area contributed by atoms with Gasteiger partial charge >= 0.3 is 0 Å². The summed E-state index contributed by atoms with van der Waals surface area (Å²) in [6, 6.07) is 9.29. The van der Waals surface area contributed by atoms with Crippen LogP contribution >= 0.6 is 0 Å². The zero-order chi connectivity index (χ0) is 12.1. The maximum Gasteiger partial charge on any atom is 0.115 e. The van der Waals surface area contributed by atoms with Gasteiger partial charge < -0.3 is 10.4 Å². The molecule has 1 heterocycles. The summed E-state index contributed by atoms with van der Waals surface area (Å²) in [6.07, 6.45) is 4.05. The Hall–Kier alpha value is -1.94. The molecule has 1 aromatic heterocycles. The molecular weight excluding hydrogens is 214 g/mol. The average molecular weight is 229 g/mol. The molecule has 0 bridgehead atoms. The number of phenolic OH excluding ortho intramolecular Hbond substituents is 1. The zero-order valence-corrected chi connectivity index (χ0v) is 9.67. The molecule has 4 heteroatoms. The molecule has 0 aliphatic rings. The molecule has 0 saturated carbocycles. The number of hydrogen-bond acceptors (Lipinski definition) is 4. The van der Waals surface area contributed by atoms with Crippen LogP contribution in [-0.4, -0.2) is 22.1 Å². The van der Waals surface area contributed by atoms with Gasteiger partial charge in [-0.2, -0.15) is 0 Å². The van der Waals surface area contributed by atoms with E-state index in [-0.39, 0.29) is 6.04 Å². The molecule has 17 heavy (non-hydrogen) atoms. The number of likely N-dealkylation sites (N-methyl/N-ethyl adjacent to an activating group) is 1. The number of phenols is 1. The van der Waals surface area contributed by atoms with Gasteiger partial charge in [-0.15, -0.1) is 0 Å². The van der Waals surface area contributed by atoms with Crippen molar-refractivity contribution in [2.45, 2.75) is 12.5 Å². The van der Waals surface area contributed by atoms with Crippen molar-refractivity contribution in [3.05, 3.63) is 54.1 Å². The predicted molar refractivity (Wildman–Crippen MR) is 65.6 cm³/mol. The fourth-order valence-corrected chi connectivity index (χ4v) is 1.78. The van der Waals surface area contributed by atoms with Gasteiger partial charge in [-0.3, -0.25) is 0 Å². The minimum Gasteiger partial charge on any atom is -0.508 e. The van der Waals surface area contributed by atoms with Crippen molar-refractivity contribution in [2.24, 2.45) is 0 Å². The van der Waals surface area contributed by atoms with Gasteiger partial charge in [0.15, 0.2) is 0 Å². The number of hydrogen-bond donors (Lipinski definition) is 2. The second kappa shape index (κ2) is 5.41. The van der Waals surface area contributed by atoms with Gasteiger partial charge in [0.2, 0.25) is 0 Å². The first kappa shape index (κ1) is 11.5. The first-order chi connectivity index (χ1) is 8.29. The van der Waals surface area contributed by atoms with Crippen molar-refractivity contribution in [2.75, 3.05) is 7.05 Å². The number of rotatable bonds is 4. The van der Waals surface area contributed by atoms with Gasteiger partial charge in [0.25, 0.3) is 0 Å². The van der Waals surface area contributed by atoms with Crippen molar-refractivity contribution in [3.8, 4) is 5.75 Å². The highest BCUT2D eigenvalue weighted by Crippen LogP contribution is 2.18. The molecule has 0 radical (unpaired) electrons. The first-order valence-corrected chi connectivity index (χ1v) is 5.50. The quantitative estimate of drug-likeness (QED) is 0.837. The normalized spacial score (nSPS) is 12.3. The second-order valence-electron chi connectivity index (χ2n) is 3.85. The van der Waals surface area contributed by atoms with E-state index in [1.54, 1.807) is 24.7 Å². The summed E-state index contributed by atoms with van der Waals surface area (Å²) in [5.41, 5.74) is 2.02. The SMILES string of the molecule is CNC(Cc1cccc(O)c1)c1ccncn1. The fraction of sp³-hybridized carbons (Fsp3) is 0.231. The Bertz CT molecular complexity index is 473. The Balaban J connectivity index is 2.16. The summed E-state index contributed by atoms with van der Waals surface area (Å²) in [5.74, 6) is 0.292. The molecule has 0 fully saturated rings. The molecule has 2 N–H and O–H groups in total. The van der Waals surface area contributed by atoms with Crippen molar-refractivity contribution in [1.82, 2.24) is 15.3 Å². The molecule has 2 rings (SSSR count). The molecule has 1 unspecified atom stereocenters. The molecule has 0 aliphatic carbocycles. The van der Waals surface area contributed by atoms with Crippen LogP contribution in [-0.2, 0) is 6.42 Å². The lowest BCUT2D eigenvalue weighted by molar-refractivity contribution is 0.473. The summed E-state index contributed by atoms with van der Waals surface area (Å²) in [6.45, 7) is 0. The van der Waals surface area contributed by atoms with Gasteiger partial charge in [0, 0.05) is 6.20 Å². The largest absolute Gasteiger partial charge is 0.508 e. The highest BCUT2D eigenvalue weighted by atomic mass is 16.3. The Morgan fingerprint density at radius 3 is 2.88 bits per heavy atom. The molecule has 1 atom stereocenters. The Labute approximate surface area is 100 Å². The summed E-state index contributed by atoms with van der Waals surface area (Å²) in [7, 11) is 1.90. The molecule has 0 saturated heterocycles. The smallest absolute Gasteiger partial charge is 0.115 e. The lowest BCUT2D eigenvalue weighted by Gasteiger charge is -2.15. The van der Waals surface area contributed by atoms with E-state index in [1.165, 1.54) is 0 Å². The fourth-order valence-electron chi connectivity index (χ4n) is 1.78. The standard InChI is InChI=1S/C13H15N3O/c1-14-13(12-5-6-15-9-16-12)8-10-3-2-4-11(17)7-10/h2-7,9,13-14,17H,8H2,1H3. The number of nitrogens with zero attached hydrogens (tertiary/aromatic N) is 2. The molecule has 88 valence electrons. The van der Waals surface area contributed by atoms with Crippen LogP contribution in [0.5, 0.6) is 5.75 Å². The van der Waals surface area contributed by atoms with Gasteiger partial charge in [-0.05, 0) is 37.2 Å². The third-order valence-corrected chi connectivity index (χ3v) is 2.66. The van der Waals surface area contributed by atoms with Crippen molar-refractivity contribution in [3.63, 3.8) is 0 Å². The average Bonchev–Trinajstić information content (AvgIpc) is 2.37. The Kier molecular flexibility index (Phi) is 3.67. The lowest BCUT2D eigenvalue weighted by atomic mass is 10.0. The third kappa shape index (κ3) is 3.01. The van der Waals surface area contributed by atoms with Crippen LogP contribution in [0.25, 0.3) is 0 Å². The first-order valence-electron chi connectivity index (χ1n) is 5.50. The Morgan fingerprint density at radius 1 is 1.35 bits per heavy atom. The summed E-state index contributed by atoms with van der Waals surface area (Å²) in [5, 5.41) is 12.6. The highest BCUT2D eigenvalue weighted by Gasteiger charge is 2.11. The highest BCUT2D eigenvalue weighted by molar-refractivity contribution is 5.28. The molecule has 1 aromatic carbocycles. The number of aromatic hydroxyl groups is 1. The van der Waals surface area contributed by atoms with Gasteiger partial charge in [0.1, 0.15) is 12.1 Å². The summed E-state index contributed by atoms with van der Waals surface area (Å²) < 4.78 is 0. The van der Waals surface area contributed by atoms with Gasteiger partial charge in [-0.25, -0.2) is 9.97 Å². The Morgan fingerprint density at radius 2 is 2.24 bits per heavy atom. The van der Waals surface area contributed by atoms with Crippen LogP contribution in [0, 0.1) is 0 Å². The molecule has 0 amide bonds. The molecule has 2 aromatic rings. The van der Waals surface area contributed by atoms with E-state index in [0.717, 1.165) is 17.7 Å². The number of aromatic nitrogens is 2. The van der Waals surface area contributed by atoms with E-state index >= 15 is 0 Å². The number of benzene rings is 1. The third-order valence-electron chi connectivity index (χ3n) is 2.66. The zero-order valence-electron chi connectivity index (χ0n) is 9.67. The van der Waals surface area contributed by atoms with E-state index < -0.39 is 0 Å². The monoisotopic (exact) mass is 229 g/mol. The molecule has 0 aliphatic heterocycles. The van der Waals surface area contributed by atoms with Crippen LogP contribution in [0.2, 0.25) is 0 Å². The lowest BCUT2D eigenvalue weighted by Crippen LogP contribution is -2.20. The van der Waals surface area contributed by atoms with E-state index in [4.69, 9.17) is 0 Å². The molecule has 4 nitrogen and oxygen atoms in total. The maximum absolute atomic E-state index is 9.42. The minimum absolute atomic E-state index is 0.125. The summed E-state index contributed by atoms with van der Waals surface area (Å²) in [4.78, 5) is 8.14. The van der Waals surface area contributed by atoms with Crippen molar-refractivity contribution >= 4 is 0 Å². The van der Waals surface area contributed by atoms with Crippen LogP contribution in [0.15, 0.2) is 42.9 Å². The van der Waals surface area contributed by atoms with Crippen LogP contribution < -0.4 is 5.32 Å². The molecule has 0 spiro atoms. The van der Waals surface area contributed by atoms with E-state index in [2.05, 4.69) is 15.3 Å². The molecular formula is C13H15N3O. The van der Waals surface area contributed by atoms with E-state index in [9.17, 15) is 5.11 Å². The summed E-state index contributed by atoms with van der Waals surface area (Å²) >= 11 is 0. The van der Waals surface area contributed by atoms with Crippen molar-refractivity contribution in [1.29, 1.82) is 0 Å². The van der Waals surface area contributed by atoms with E-state index in [0.29, 0.717) is 5.75 Å². The maximum atomic E-state index is 9.42. The van der Waals surface area contributed by atoms with Gasteiger partial charge in [0.05, 0.1) is 11.7 Å². The minimum atomic E-state index is 0.125. The van der Waals surface area contributed by atoms with Gasteiger partial charge in [-0.1, -0.05) is 12.1 Å². The van der Waals surface area contributed by atoms with Crippen LogP contribution in [0.1, 0.15) is 17.3 Å². The second-order valence-corrected chi connectivity index (χ2v) is 3.85. The predicted octanol–water partition coefficient (Wildman–Crippen LogP) is 1.69. The van der Waals surface area contributed by atoms with Crippen LogP contribution in [0.4, 0.5) is 0 Å². The topological polar surface area (TPSA) is 58.0 Å². The van der Waals surface area contributed by atoms with Crippen LogP contribution in [0.3, 0.4) is 0 Å². The van der Waals surface area contributed by atoms with E-state index in [1.807, 2.05) is 25.2 Å². The number of nitrogens with one attached hydrogen (secondary N) is 1.